The summed E-state index contributed by atoms with van der Waals surface area (Å²) in [6.45, 7) is 5.54. The molecule has 2 aromatic rings. The van der Waals surface area contributed by atoms with Crippen molar-refractivity contribution in [1.82, 2.24) is 9.21 Å². The SMILES string of the molecule is Cc1ccc(S(=O)(=O)N2CCC(C(=O)N3CCN(c4ccco4)CC3)CC2)cc1. The van der Waals surface area contributed by atoms with Crippen LogP contribution in [0.4, 0.5) is 5.88 Å². The van der Waals surface area contributed by atoms with Crippen LogP contribution < -0.4 is 4.90 Å². The van der Waals surface area contributed by atoms with Crippen LogP contribution >= 0.6 is 0 Å². The highest BCUT2D eigenvalue weighted by Gasteiger charge is 2.34. The van der Waals surface area contributed by atoms with Gasteiger partial charge >= 0.3 is 0 Å². The van der Waals surface area contributed by atoms with Crippen molar-refractivity contribution in [3.8, 4) is 0 Å². The van der Waals surface area contributed by atoms with Crippen LogP contribution in [0.3, 0.4) is 0 Å². The Hall–Kier alpha value is -2.32. The molecular weight excluding hydrogens is 390 g/mol. The van der Waals surface area contributed by atoms with Crippen LogP contribution in [0.5, 0.6) is 0 Å². The van der Waals surface area contributed by atoms with E-state index in [2.05, 4.69) is 4.90 Å². The molecule has 1 aromatic heterocycles. The first kappa shape index (κ1) is 20.0. The summed E-state index contributed by atoms with van der Waals surface area (Å²) in [5.74, 6) is 0.887. The Morgan fingerprint density at radius 3 is 2.21 bits per heavy atom. The topological polar surface area (TPSA) is 74.1 Å². The predicted molar refractivity (Wildman–Crippen MR) is 110 cm³/mol. The molecule has 0 unspecified atom stereocenters. The number of rotatable bonds is 4. The van der Waals surface area contributed by atoms with Gasteiger partial charge in [0, 0.05) is 51.3 Å². The summed E-state index contributed by atoms with van der Waals surface area (Å²) in [5.41, 5.74) is 1.03. The number of piperidine rings is 1. The van der Waals surface area contributed by atoms with Gasteiger partial charge in [0.15, 0.2) is 5.88 Å². The van der Waals surface area contributed by atoms with E-state index in [1.54, 1.807) is 18.4 Å². The lowest BCUT2D eigenvalue weighted by molar-refractivity contribution is -0.137. The number of aryl methyl sites for hydroxylation is 1. The Morgan fingerprint density at radius 1 is 0.966 bits per heavy atom. The second-order valence-electron chi connectivity index (χ2n) is 7.76. The smallest absolute Gasteiger partial charge is 0.243 e. The van der Waals surface area contributed by atoms with Crippen molar-refractivity contribution in [2.45, 2.75) is 24.7 Å². The lowest BCUT2D eigenvalue weighted by Crippen LogP contribution is -2.52. The number of sulfonamides is 1. The number of nitrogens with zero attached hydrogens (tertiary/aromatic N) is 3. The Labute approximate surface area is 171 Å². The quantitative estimate of drug-likeness (QED) is 0.763. The third-order valence-corrected chi connectivity index (χ3v) is 7.78. The second-order valence-corrected chi connectivity index (χ2v) is 9.69. The first-order valence-corrected chi connectivity index (χ1v) is 11.5. The van der Waals surface area contributed by atoms with Crippen molar-refractivity contribution in [2.24, 2.45) is 5.92 Å². The van der Waals surface area contributed by atoms with Gasteiger partial charge in [-0.25, -0.2) is 8.42 Å². The van der Waals surface area contributed by atoms with Gasteiger partial charge in [-0.3, -0.25) is 4.79 Å². The van der Waals surface area contributed by atoms with Gasteiger partial charge in [0.1, 0.15) is 0 Å². The maximum absolute atomic E-state index is 12.9. The van der Waals surface area contributed by atoms with Crippen molar-refractivity contribution in [1.29, 1.82) is 0 Å². The molecule has 3 heterocycles. The molecule has 8 heteroatoms. The number of carbonyl (C=O) groups is 1. The molecule has 1 amide bonds. The van der Waals surface area contributed by atoms with E-state index in [1.807, 2.05) is 36.1 Å². The fraction of sp³-hybridized carbons (Fsp3) is 0.476. The van der Waals surface area contributed by atoms with Gasteiger partial charge in [0.25, 0.3) is 0 Å². The highest BCUT2D eigenvalue weighted by molar-refractivity contribution is 7.89. The molecule has 2 aliphatic rings. The molecule has 29 heavy (non-hydrogen) atoms. The number of piperazine rings is 1. The average Bonchev–Trinajstić information content (AvgIpc) is 3.29. The normalized spacial score (nSPS) is 19.5. The van der Waals surface area contributed by atoms with Crippen LogP contribution in [0.2, 0.25) is 0 Å². The number of anilines is 1. The number of amides is 1. The Morgan fingerprint density at radius 2 is 1.62 bits per heavy atom. The van der Waals surface area contributed by atoms with Crippen LogP contribution in [-0.2, 0) is 14.8 Å². The van der Waals surface area contributed by atoms with E-state index in [0.29, 0.717) is 43.9 Å². The molecule has 1 aromatic carbocycles. The highest BCUT2D eigenvalue weighted by Crippen LogP contribution is 2.26. The van der Waals surface area contributed by atoms with Crippen LogP contribution in [0.25, 0.3) is 0 Å². The molecule has 156 valence electrons. The van der Waals surface area contributed by atoms with Crippen LogP contribution in [0, 0.1) is 12.8 Å². The Balaban J connectivity index is 1.31. The Bertz CT molecular complexity index is 925. The van der Waals surface area contributed by atoms with Crippen molar-refractivity contribution in [2.75, 3.05) is 44.2 Å². The van der Waals surface area contributed by atoms with Crippen molar-refractivity contribution in [3.05, 3.63) is 48.2 Å². The standard InChI is InChI=1S/C21H27N3O4S/c1-17-4-6-19(7-5-17)29(26,27)24-10-8-18(9-11-24)21(25)23-14-12-22(13-15-23)20-3-2-16-28-20/h2-7,16,18H,8-15H2,1H3. The summed E-state index contributed by atoms with van der Waals surface area (Å²) in [4.78, 5) is 17.3. The van der Waals surface area contributed by atoms with Crippen LogP contribution in [0.15, 0.2) is 52.0 Å². The van der Waals surface area contributed by atoms with Gasteiger partial charge in [0.05, 0.1) is 11.2 Å². The summed E-state index contributed by atoms with van der Waals surface area (Å²) >= 11 is 0. The molecule has 0 aliphatic carbocycles. The van der Waals surface area contributed by atoms with E-state index in [-0.39, 0.29) is 11.8 Å². The molecule has 0 bridgehead atoms. The summed E-state index contributed by atoms with van der Waals surface area (Å²) in [6, 6.07) is 10.7. The lowest BCUT2D eigenvalue weighted by Gasteiger charge is -2.38. The fourth-order valence-electron chi connectivity index (χ4n) is 4.06. The molecule has 7 nitrogen and oxygen atoms in total. The zero-order valence-electron chi connectivity index (χ0n) is 16.7. The summed E-state index contributed by atoms with van der Waals surface area (Å²) < 4.78 is 32.6. The van der Waals surface area contributed by atoms with Crippen molar-refractivity contribution < 1.29 is 17.6 Å². The first-order valence-electron chi connectivity index (χ1n) is 10.1. The molecular formula is C21H27N3O4S. The van der Waals surface area contributed by atoms with E-state index in [0.717, 1.165) is 24.5 Å². The van der Waals surface area contributed by atoms with Gasteiger partial charge in [-0.05, 0) is 38.0 Å². The molecule has 2 aliphatic heterocycles. The van der Waals surface area contributed by atoms with Crippen LogP contribution in [0.1, 0.15) is 18.4 Å². The second kappa shape index (κ2) is 8.20. The number of hydrogen-bond donors (Lipinski definition) is 0. The number of hydrogen-bond acceptors (Lipinski definition) is 5. The number of furan rings is 1. The maximum atomic E-state index is 12.9. The molecule has 4 rings (SSSR count). The van der Waals surface area contributed by atoms with E-state index < -0.39 is 10.0 Å². The van der Waals surface area contributed by atoms with Gasteiger partial charge in [-0.15, -0.1) is 0 Å². The third kappa shape index (κ3) is 4.18. The minimum Gasteiger partial charge on any atom is -0.449 e. The minimum atomic E-state index is -3.49. The minimum absolute atomic E-state index is 0.102. The molecule has 0 spiro atoms. The zero-order valence-corrected chi connectivity index (χ0v) is 17.5. The van der Waals surface area contributed by atoms with E-state index in [1.165, 1.54) is 4.31 Å². The average molecular weight is 418 g/mol. The molecule has 0 atom stereocenters. The zero-order chi connectivity index (χ0) is 20.4. The van der Waals surface area contributed by atoms with E-state index >= 15 is 0 Å². The lowest BCUT2D eigenvalue weighted by atomic mass is 9.96. The van der Waals surface area contributed by atoms with Crippen molar-refractivity contribution in [3.63, 3.8) is 0 Å². The monoisotopic (exact) mass is 417 g/mol. The van der Waals surface area contributed by atoms with Crippen molar-refractivity contribution >= 4 is 21.8 Å². The molecule has 0 radical (unpaired) electrons. The number of carbonyl (C=O) groups excluding carboxylic acids is 1. The third-order valence-electron chi connectivity index (χ3n) is 5.87. The molecule has 2 fully saturated rings. The summed E-state index contributed by atoms with van der Waals surface area (Å²) in [5, 5.41) is 0. The number of benzene rings is 1. The fourth-order valence-corrected chi connectivity index (χ4v) is 5.53. The highest BCUT2D eigenvalue weighted by atomic mass is 32.2. The van der Waals surface area contributed by atoms with E-state index in [9.17, 15) is 13.2 Å². The molecule has 2 saturated heterocycles. The van der Waals surface area contributed by atoms with Gasteiger partial charge < -0.3 is 14.2 Å². The summed E-state index contributed by atoms with van der Waals surface area (Å²) in [7, 11) is -3.49. The summed E-state index contributed by atoms with van der Waals surface area (Å²) in [6.07, 6.45) is 2.80. The van der Waals surface area contributed by atoms with Gasteiger partial charge in [-0.2, -0.15) is 4.31 Å². The van der Waals surface area contributed by atoms with E-state index in [4.69, 9.17) is 4.42 Å². The predicted octanol–water partition coefficient (Wildman–Crippen LogP) is 2.34. The van der Waals surface area contributed by atoms with Gasteiger partial charge in [-0.1, -0.05) is 17.7 Å². The largest absolute Gasteiger partial charge is 0.449 e. The van der Waals surface area contributed by atoms with Gasteiger partial charge in [0.2, 0.25) is 15.9 Å². The first-order chi connectivity index (χ1) is 13.9. The Kier molecular flexibility index (Phi) is 5.65. The maximum Gasteiger partial charge on any atom is 0.243 e. The molecule has 0 N–H and O–H groups in total. The molecule has 0 saturated carbocycles. The van der Waals surface area contributed by atoms with Crippen LogP contribution in [-0.4, -0.2) is 62.8 Å².